The molecule has 0 spiro atoms. The minimum Gasteiger partial charge on any atom is -0.497 e. The van der Waals surface area contributed by atoms with Gasteiger partial charge in [-0.05, 0) is 30.7 Å². The van der Waals surface area contributed by atoms with Gasteiger partial charge in [0.15, 0.2) is 0 Å². The van der Waals surface area contributed by atoms with E-state index in [9.17, 15) is 14.4 Å². The number of rotatable bonds is 5. The van der Waals surface area contributed by atoms with Crippen molar-refractivity contribution in [3.63, 3.8) is 0 Å². The third kappa shape index (κ3) is 3.47. The summed E-state index contributed by atoms with van der Waals surface area (Å²) in [4.78, 5) is 33.9. The summed E-state index contributed by atoms with van der Waals surface area (Å²) in [6.07, 6.45) is 0.407. The number of benzene rings is 1. The molecule has 0 bridgehead atoms. The molecule has 0 saturated carbocycles. The van der Waals surface area contributed by atoms with Crippen molar-refractivity contribution < 1.29 is 19.1 Å². The molecule has 20 heavy (non-hydrogen) atoms. The van der Waals surface area contributed by atoms with E-state index in [1.165, 1.54) is 0 Å². The van der Waals surface area contributed by atoms with Crippen molar-refractivity contribution in [2.45, 2.75) is 18.9 Å². The zero-order chi connectivity index (χ0) is 14.5. The molecule has 2 rings (SSSR count). The first-order valence-corrected chi connectivity index (χ1v) is 6.14. The highest BCUT2D eigenvalue weighted by molar-refractivity contribution is 6.04. The molecule has 1 saturated heterocycles. The Hall–Kier alpha value is -2.57. The summed E-state index contributed by atoms with van der Waals surface area (Å²) in [5.74, 6) is 0.0877. The van der Waals surface area contributed by atoms with Gasteiger partial charge in [-0.15, -0.1) is 0 Å². The van der Waals surface area contributed by atoms with E-state index in [1.807, 2.05) is 0 Å². The molecule has 3 N–H and O–H groups in total. The number of nitrogens with one attached hydrogen (secondary N) is 3. The Kier molecular flexibility index (Phi) is 4.19. The Morgan fingerprint density at radius 3 is 2.55 bits per heavy atom. The Labute approximate surface area is 115 Å². The predicted octanol–water partition coefficient (Wildman–Crippen LogP) is 0.622. The normalized spacial score (nSPS) is 17.4. The first-order chi connectivity index (χ1) is 9.58. The van der Waals surface area contributed by atoms with E-state index in [4.69, 9.17) is 4.74 Å². The number of imide groups is 1. The third-order valence-electron chi connectivity index (χ3n) is 2.89. The molecule has 0 radical (unpaired) electrons. The number of carbonyl (C=O) groups excluding carboxylic acids is 3. The molecule has 1 aliphatic rings. The van der Waals surface area contributed by atoms with Crippen LogP contribution in [0, 0.1) is 0 Å². The van der Waals surface area contributed by atoms with Crippen LogP contribution in [0.1, 0.15) is 12.8 Å². The van der Waals surface area contributed by atoms with Gasteiger partial charge in [-0.1, -0.05) is 0 Å². The van der Waals surface area contributed by atoms with Gasteiger partial charge in [0.1, 0.15) is 11.8 Å². The monoisotopic (exact) mass is 277 g/mol. The van der Waals surface area contributed by atoms with Gasteiger partial charge in [0.25, 0.3) is 5.91 Å². The second kappa shape index (κ2) is 6.05. The minimum atomic E-state index is -0.635. The molecule has 1 aliphatic heterocycles. The quantitative estimate of drug-likeness (QED) is 0.687. The van der Waals surface area contributed by atoms with Crippen molar-refractivity contribution >= 4 is 23.5 Å². The van der Waals surface area contributed by atoms with Gasteiger partial charge >= 0.3 is 6.03 Å². The highest BCUT2D eigenvalue weighted by Crippen LogP contribution is 2.15. The average molecular weight is 277 g/mol. The van der Waals surface area contributed by atoms with E-state index in [0.29, 0.717) is 11.4 Å². The Morgan fingerprint density at radius 1 is 1.30 bits per heavy atom. The third-order valence-corrected chi connectivity index (χ3v) is 2.89. The number of anilines is 1. The zero-order valence-corrected chi connectivity index (χ0v) is 10.9. The van der Waals surface area contributed by atoms with E-state index in [1.54, 1.807) is 31.4 Å². The topological polar surface area (TPSA) is 96.5 Å². The van der Waals surface area contributed by atoms with Crippen molar-refractivity contribution in [1.29, 1.82) is 0 Å². The number of hydrogen-bond acceptors (Lipinski definition) is 4. The van der Waals surface area contributed by atoms with Gasteiger partial charge in [0.05, 0.1) is 7.11 Å². The van der Waals surface area contributed by atoms with Gasteiger partial charge in [-0.25, -0.2) is 4.79 Å². The Balaban J connectivity index is 1.80. The maximum Gasteiger partial charge on any atom is 0.322 e. The largest absolute Gasteiger partial charge is 0.497 e. The summed E-state index contributed by atoms with van der Waals surface area (Å²) in [5.41, 5.74) is 0.649. The number of methoxy groups -OCH3 is 1. The van der Waals surface area contributed by atoms with Crippen LogP contribution in [0.15, 0.2) is 24.3 Å². The molecule has 1 atom stereocenters. The van der Waals surface area contributed by atoms with Gasteiger partial charge in [0.2, 0.25) is 5.91 Å². The van der Waals surface area contributed by atoms with Crippen LogP contribution in [0.5, 0.6) is 5.75 Å². The molecule has 1 aromatic carbocycles. The van der Waals surface area contributed by atoms with Gasteiger partial charge in [-0.2, -0.15) is 0 Å². The van der Waals surface area contributed by atoms with Crippen molar-refractivity contribution in [2.75, 3.05) is 12.4 Å². The molecule has 1 heterocycles. The zero-order valence-electron chi connectivity index (χ0n) is 10.9. The lowest BCUT2D eigenvalue weighted by molar-refractivity contribution is -0.120. The Morgan fingerprint density at radius 2 is 2.00 bits per heavy atom. The summed E-state index contributed by atoms with van der Waals surface area (Å²) in [6.45, 7) is 0. The van der Waals surface area contributed by atoms with Crippen LogP contribution < -0.4 is 20.7 Å². The Bertz CT molecular complexity index is 527. The van der Waals surface area contributed by atoms with Crippen LogP contribution in [0.3, 0.4) is 0 Å². The SMILES string of the molecule is COc1ccc(NC(=O)CCC2NC(=O)NC2=O)cc1. The smallest absolute Gasteiger partial charge is 0.322 e. The van der Waals surface area contributed by atoms with E-state index in [2.05, 4.69) is 16.0 Å². The molecular formula is C13H15N3O4. The van der Waals surface area contributed by atoms with Gasteiger partial charge < -0.3 is 15.4 Å². The lowest BCUT2D eigenvalue weighted by atomic mass is 10.1. The molecule has 1 fully saturated rings. The van der Waals surface area contributed by atoms with Crippen LogP contribution in [-0.4, -0.2) is 31.0 Å². The van der Waals surface area contributed by atoms with Crippen molar-refractivity contribution in [3.8, 4) is 5.75 Å². The maximum atomic E-state index is 11.7. The molecule has 4 amide bonds. The fourth-order valence-corrected chi connectivity index (χ4v) is 1.84. The highest BCUT2D eigenvalue weighted by Gasteiger charge is 2.29. The summed E-state index contributed by atoms with van der Waals surface area (Å²) >= 11 is 0. The van der Waals surface area contributed by atoms with Crippen LogP contribution in [0.2, 0.25) is 0 Å². The van der Waals surface area contributed by atoms with E-state index >= 15 is 0 Å². The molecule has 7 heteroatoms. The lowest BCUT2D eigenvalue weighted by Gasteiger charge is -2.08. The summed E-state index contributed by atoms with van der Waals surface area (Å²) in [5, 5.41) is 7.26. The molecule has 7 nitrogen and oxygen atoms in total. The fraction of sp³-hybridized carbons (Fsp3) is 0.308. The van der Waals surface area contributed by atoms with Crippen LogP contribution >= 0.6 is 0 Å². The second-order valence-electron chi connectivity index (χ2n) is 4.33. The van der Waals surface area contributed by atoms with E-state index < -0.39 is 18.0 Å². The van der Waals surface area contributed by atoms with Crippen LogP contribution in [0.4, 0.5) is 10.5 Å². The predicted molar refractivity (Wildman–Crippen MR) is 71.3 cm³/mol. The fourth-order valence-electron chi connectivity index (χ4n) is 1.84. The van der Waals surface area contributed by atoms with Crippen molar-refractivity contribution in [2.24, 2.45) is 0 Å². The van der Waals surface area contributed by atoms with Crippen LogP contribution in [-0.2, 0) is 9.59 Å². The summed E-state index contributed by atoms with van der Waals surface area (Å²) < 4.78 is 5.01. The molecule has 0 aliphatic carbocycles. The maximum absolute atomic E-state index is 11.7. The molecule has 1 aromatic rings. The second-order valence-corrected chi connectivity index (χ2v) is 4.33. The molecular weight excluding hydrogens is 262 g/mol. The standard InChI is InChI=1S/C13H15N3O4/c1-20-9-4-2-8(3-5-9)14-11(17)7-6-10-12(18)16-13(19)15-10/h2-5,10H,6-7H2,1H3,(H,14,17)(H2,15,16,18,19). The first-order valence-electron chi connectivity index (χ1n) is 6.14. The van der Waals surface area contributed by atoms with Crippen molar-refractivity contribution in [3.05, 3.63) is 24.3 Å². The van der Waals surface area contributed by atoms with E-state index in [0.717, 1.165) is 0 Å². The number of hydrogen-bond donors (Lipinski definition) is 3. The van der Waals surface area contributed by atoms with Crippen LogP contribution in [0.25, 0.3) is 0 Å². The highest BCUT2D eigenvalue weighted by atomic mass is 16.5. The number of amides is 4. The van der Waals surface area contributed by atoms with Gasteiger partial charge in [-0.3, -0.25) is 14.9 Å². The van der Waals surface area contributed by atoms with Gasteiger partial charge in [0, 0.05) is 12.1 Å². The number of ether oxygens (including phenoxy) is 1. The number of urea groups is 1. The lowest BCUT2D eigenvalue weighted by Crippen LogP contribution is -2.30. The number of carbonyl (C=O) groups is 3. The average Bonchev–Trinajstić information content (AvgIpc) is 2.75. The molecule has 106 valence electrons. The molecule has 0 aromatic heterocycles. The van der Waals surface area contributed by atoms with Crippen molar-refractivity contribution in [1.82, 2.24) is 10.6 Å². The summed E-state index contributed by atoms with van der Waals surface area (Å²) in [6, 6.07) is 5.77. The first kappa shape index (κ1) is 13.9. The summed E-state index contributed by atoms with van der Waals surface area (Å²) in [7, 11) is 1.56. The molecule has 1 unspecified atom stereocenters. The minimum absolute atomic E-state index is 0.143. The van der Waals surface area contributed by atoms with E-state index in [-0.39, 0.29) is 18.7 Å².